The van der Waals surface area contributed by atoms with E-state index in [0.717, 1.165) is 36.0 Å². The van der Waals surface area contributed by atoms with Gasteiger partial charge < -0.3 is 9.64 Å². The zero-order valence-electron chi connectivity index (χ0n) is 19.1. The number of carbonyl (C=O) groups excluding carboxylic acids is 1. The zero-order valence-corrected chi connectivity index (χ0v) is 22.2. The molecule has 0 saturated carbocycles. The van der Waals surface area contributed by atoms with Gasteiger partial charge in [-0.3, -0.25) is 4.79 Å². The molecule has 0 unspecified atom stereocenters. The van der Waals surface area contributed by atoms with E-state index in [1.54, 1.807) is 12.1 Å². The lowest BCUT2D eigenvalue weighted by Gasteiger charge is -2.29. The number of alkyl halides is 1. The molecule has 0 atom stereocenters. The van der Waals surface area contributed by atoms with Crippen molar-refractivity contribution in [3.8, 4) is 5.75 Å². The van der Waals surface area contributed by atoms with Crippen LogP contribution >= 0.6 is 34.8 Å². The lowest BCUT2D eigenvalue weighted by molar-refractivity contribution is -0.119. The fourth-order valence-electron chi connectivity index (χ4n) is 3.26. The molecule has 6 nitrogen and oxygen atoms in total. The summed E-state index contributed by atoms with van der Waals surface area (Å²) in [7, 11) is -1.49. The van der Waals surface area contributed by atoms with Crippen LogP contribution in [0.15, 0.2) is 36.4 Å². The first-order valence-electron chi connectivity index (χ1n) is 10.3. The van der Waals surface area contributed by atoms with Gasteiger partial charge in [0, 0.05) is 24.9 Å². The molecule has 33 heavy (non-hydrogen) atoms. The largest absolute Gasteiger partial charge is 0.486 e. The van der Waals surface area contributed by atoms with Gasteiger partial charge in [0.25, 0.3) is 0 Å². The Hall–Kier alpha value is -1.51. The Morgan fingerprint density at radius 1 is 1.09 bits per heavy atom. The summed E-state index contributed by atoms with van der Waals surface area (Å²) in [6.45, 7) is 4.36. The van der Waals surface area contributed by atoms with Crippen molar-refractivity contribution in [1.29, 1.82) is 0 Å². The molecule has 0 radical (unpaired) electrons. The quantitative estimate of drug-likeness (QED) is 0.392. The molecule has 0 saturated heterocycles. The number of halogens is 3. The average molecular weight is 536 g/mol. The lowest BCUT2D eigenvalue weighted by atomic mass is 9.78. The zero-order chi connectivity index (χ0) is 24.8. The van der Waals surface area contributed by atoms with Gasteiger partial charge >= 0.3 is 0 Å². The minimum Gasteiger partial charge on any atom is -0.486 e. The molecule has 0 spiro atoms. The Morgan fingerprint density at radius 3 is 2.18 bits per heavy atom. The number of nitrogens with zero attached hydrogens (tertiary/aromatic N) is 1. The normalized spacial score (nSPS) is 12.0. The number of carbonyl (C=O) groups is 1. The summed E-state index contributed by atoms with van der Waals surface area (Å²) in [4.78, 5) is 13.8. The Balaban J connectivity index is 2.13. The number of ether oxygens (including phenoxy) is 1. The highest BCUT2D eigenvalue weighted by molar-refractivity contribution is 7.88. The van der Waals surface area contributed by atoms with E-state index in [0.29, 0.717) is 21.7 Å². The molecule has 0 aliphatic heterocycles. The number of sulfonamides is 1. The van der Waals surface area contributed by atoms with Gasteiger partial charge in [-0.1, -0.05) is 49.2 Å². The van der Waals surface area contributed by atoms with Crippen molar-refractivity contribution in [2.45, 2.75) is 25.7 Å². The van der Waals surface area contributed by atoms with E-state index in [1.807, 2.05) is 36.2 Å². The Kier molecular flexibility index (Phi) is 9.88. The maximum Gasteiger partial charge on any atom is 0.209 e. The maximum absolute atomic E-state index is 11.8. The van der Waals surface area contributed by atoms with E-state index >= 15 is 0 Å². The average Bonchev–Trinajstić information content (AvgIpc) is 2.74. The number of nitrogens with one attached hydrogen (secondary N) is 1. The van der Waals surface area contributed by atoms with Crippen LogP contribution in [0.3, 0.4) is 0 Å². The number of ketones is 1. The summed E-state index contributed by atoms with van der Waals surface area (Å²) in [5.41, 5.74) is 2.36. The minimum atomic E-state index is -3.42. The van der Waals surface area contributed by atoms with Crippen LogP contribution in [0.25, 0.3) is 0 Å². The van der Waals surface area contributed by atoms with Crippen molar-refractivity contribution < 1.29 is 17.9 Å². The van der Waals surface area contributed by atoms with Crippen LogP contribution in [0, 0.1) is 0 Å². The summed E-state index contributed by atoms with van der Waals surface area (Å²) in [6, 6.07) is 11.2. The number of anilines is 1. The van der Waals surface area contributed by atoms with Crippen LogP contribution in [-0.4, -0.2) is 53.1 Å². The molecule has 0 amide bonds. The number of rotatable bonds is 12. The lowest BCUT2D eigenvalue weighted by Crippen LogP contribution is -2.31. The third-order valence-corrected chi connectivity index (χ3v) is 6.77. The minimum absolute atomic E-state index is 0.227. The first-order valence-corrected chi connectivity index (χ1v) is 13.5. The Labute approximate surface area is 211 Å². The third-order valence-electron chi connectivity index (χ3n) is 5.25. The molecule has 0 aliphatic carbocycles. The molecule has 0 aromatic heterocycles. The summed E-state index contributed by atoms with van der Waals surface area (Å²) >= 11 is 19.0. The summed E-state index contributed by atoms with van der Waals surface area (Å²) in [5, 5.41) is 1.15. The van der Waals surface area contributed by atoms with E-state index in [-0.39, 0.29) is 18.9 Å². The molecule has 182 valence electrons. The molecule has 0 fully saturated rings. The van der Waals surface area contributed by atoms with Crippen molar-refractivity contribution in [2.24, 2.45) is 0 Å². The van der Waals surface area contributed by atoms with Crippen LogP contribution in [-0.2, 0) is 20.2 Å². The van der Waals surface area contributed by atoms with Crippen LogP contribution in [0.1, 0.15) is 31.4 Å². The smallest absolute Gasteiger partial charge is 0.209 e. The highest BCUT2D eigenvalue weighted by Crippen LogP contribution is 2.40. The van der Waals surface area contributed by atoms with Crippen LogP contribution < -0.4 is 14.4 Å². The van der Waals surface area contributed by atoms with Crippen molar-refractivity contribution in [3.63, 3.8) is 0 Å². The topological polar surface area (TPSA) is 75.7 Å². The molecule has 2 aromatic carbocycles. The second kappa shape index (κ2) is 11.8. The molecule has 0 aliphatic rings. The standard InChI is InChI=1S/C23H29Cl3N2O4S/c1-23(2,17-12-20(25)22(21(26)13-17)28(3)11-5-10-24)16-6-8-19(9-7-16)32-15-18(29)14-27-33(4,30)31/h6-9,12-13,27H,5,10-11,14-15H2,1-4H3. The number of benzene rings is 2. The van der Waals surface area contributed by atoms with Gasteiger partial charge in [-0.2, -0.15) is 0 Å². The van der Waals surface area contributed by atoms with E-state index in [9.17, 15) is 13.2 Å². The predicted molar refractivity (Wildman–Crippen MR) is 137 cm³/mol. The fraction of sp³-hybridized carbons (Fsp3) is 0.435. The van der Waals surface area contributed by atoms with Gasteiger partial charge in [0.2, 0.25) is 10.0 Å². The van der Waals surface area contributed by atoms with Crippen LogP contribution in [0.2, 0.25) is 10.0 Å². The van der Waals surface area contributed by atoms with E-state index in [2.05, 4.69) is 18.6 Å². The van der Waals surface area contributed by atoms with Crippen LogP contribution in [0.5, 0.6) is 5.75 Å². The molecule has 10 heteroatoms. The van der Waals surface area contributed by atoms with E-state index in [1.165, 1.54) is 0 Å². The SMILES string of the molecule is CN(CCCCl)c1c(Cl)cc(C(C)(C)c2ccc(OCC(=O)CNS(C)(=O)=O)cc2)cc1Cl. The van der Waals surface area contributed by atoms with E-state index in [4.69, 9.17) is 39.5 Å². The van der Waals surface area contributed by atoms with Gasteiger partial charge in [-0.05, 0) is 41.8 Å². The van der Waals surface area contributed by atoms with Gasteiger partial charge in [-0.25, -0.2) is 13.1 Å². The van der Waals surface area contributed by atoms with Crippen molar-refractivity contribution >= 4 is 56.3 Å². The predicted octanol–water partition coefficient (Wildman–Crippen LogP) is 4.88. The molecular weight excluding hydrogens is 507 g/mol. The molecule has 1 N–H and O–H groups in total. The molecule has 0 heterocycles. The number of hydrogen-bond acceptors (Lipinski definition) is 5. The number of Topliss-reactive ketones (excluding diaryl/α,β-unsaturated/α-hetero) is 1. The van der Waals surface area contributed by atoms with Gasteiger partial charge in [0.05, 0.1) is 28.5 Å². The second-order valence-electron chi connectivity index (χ2n) is 8.32. The first-order chi connectivity index (χ1) is 15.3. The molecular formula is C23H29Cl3N2O4S. The summed E-state index contributed by atoms with van der Waals surface area (Å²) < 4.78 is 29.8. The van der Waals surface area contributed by atoms with Crippen molar-refractivity contribution in [2.75, 3.05) is 43.8 Å². The van der Waals surface area contributed by atoms with Gasteiger partial charge in [0.1, 0.15) is 12.4 Å². The Morgan fingerprint density at radius 2 is 1.67 bits per heavy atom. The molecule has 2 aromatic rings. The monoisotopic (exact) mass is 534 g/mol. The highest BCUT2D eigenvalue weighted by Gasteiger charge is 2.26. The third kappa shape index (κ3) is 8.04. The van der Waals surface area contributed by atoms with Crippen molar-refractivity contribution in [1.82, 2.24) is 4.72 Å². The summed E-state index contributed by atoms with van der Waals surface area (Å²) in [6.07, 6.45) is 1.82. The number of hydrogen-bond donors (Lipinski definition) is 1. The fourth-order valence-corrected chi connectivity index (χ4v) is 4.58. The second-order valence-corrected chi connectivity index (χ2v) is 11.3. The van der Waals surface area contributed by atoms with Gasteiger partial charge in [0.15, 0.2) is 5.78 Å². The summed E-state index contributed by atoms with van der Waals surface area (Å²) in [5.74, 6) is 0.704. The highest BCUT2D eigenvalue weighted by atomic mass is 35.5. The van der Waals surface area contributed by atoms with Crippen molar-refractivity contribution in [3.05, 3.63) is 57.6 Å². The Bertz CT molecular complexity index is 1050. The van der Waals surface area contributed by atoms with E-state index < -0.39 is 15.4 Å². The molecule has 2 rings (SSSR count). The first kappa shape index (κ1) is 27.7. The molecule has 0 bridgehead atoms. The van der Waals surface area contributed by atoms with Crippen LogP contribution in [0.4, 0.5) is 5.69 Å². The maximum atomic E-state index is 11.8. The van der Waals surface area contributed by atoms with Gasteiger partial charge in [-0.15, -0.1) is 11.6 Å².